The molecule has 1 rings (SSSR count). The Bertz CT molecular complexity index is 503. The summed E-state index contributed by atoms with van der Waals surface area (Å²) in [4.78, 5) is -0.0666. The molecule has 0 radical (unpaired) electrons. The van der Waals surface area contributed by atoms with Crippen LogP contribution in [0.5, 0.6) is 0 Å². The number of aliphatic hydroxyl groups excluding tert-OH is 1. The summed E-state index contributed by atoms with van der Waals surface area (Å²) >= 11 is 0. The largest absolute Gasteiger partial charge is 0.394 e. The van der Waals surface area contributed by atoms with Gasteiger partial charge in [0, 0.05) is 7.11 Å². The van der Waals surface area contributed by atoms with E-state index in [4.69, 9.17) is 28.6 Å². The first-order valence-electron chi connectivity index (χ1n) is 7.79. The molecule has 0 bridgehead atoms. The number of methoxy groups -OCH3 is 1. The van der Waals surface area contributed by atoms with Gasteiger partial charge in [-0.15, -0.1) is 0 Å². The molecular weight excluding hydrogens is 352 g/mol. The van der Waals surface area contributed by atoms with E-state index < -0.39 is 10.1 Å². The quantitative estimate of drug-likeness (QED) is 0.407. The molecule has 0 saturated carbocycles. The van der Waals surface area contributed by atoms with Crippen LogP contribution in [-0.4, -0.2) is 78.0 Å². The molecule has 0 atom stereocenters. The van der Waals surface area contributed by atoms with Gasteiger partial charge in [0.05, 0.1) is 57.8 Å². The minimum atomic E-state index is -4.02. The number of aryl methyl sites for hydroxylation is 1. The van der Waals surface area contributed by atoms with Gasteiger partial charge in [-0.1, -0.05) is 17.7 Å². The maximum atomic E-state index is 10.5. The lowest BCUT2D eigenvalue weighted by Gasteiger charge is -2.05. The molecule has 0 aliphatic rings. The molecule has 1 aromatic rings. The van der Waals surface area contributed by atoms with Crippen molar-refractivity contribution >= 4 is 10.1 Å². The normalized spacial score (nSPS) is 11.0. The Morgan fingerprint density at radius 3 is 1.68 bits per heavy atom. The van der Waals surface area contributed by atoms with E-state index in [-0.39, 0.29) is 11.5 Å². The van der Waals surface area contributed by atoms with E-state index >= 15 is 0 Å². The highest BCUT2D eigenvalue weighted by molar-refractivity contribution is 7.85. The molecule has 0 spiro atoms. The molecular formula is C16H28O8S. The summed E-state index contributed by atoms with van der Waals surface area (Å²) in [5.74, 6) is 0. The standard InChI is InChI=1S/C9H20O5.C7H8O3S/c1-11-4-5-13-8-9-14-7-6-12-3-2-10;1-6-2-4-7(5-3-6)11(8,9)10/h10H,2-9H2,1H3;2-5H,1H3,(H,8,9,10). The van der Waals surface area contributed by atoms with Gasteiger partial charge in [0.15, 0.2) is 0 Å². The Morgan fingerprint density at radius 2 is 1.28 bits per heavy atom. The van der Waals surface area contributed by atoms with Crippen molar-refractivity contribution in [3.63, 3.8) is 0 Å². The fraction of sp³-hybridized carbons (Fsp3) is 0.625. The monoisotopic (exact) mass is 380 g/mol. The van der Waals surface area contributed by atoms with Gasteiger partial charge >= 0.3 is 0 Å². The van der Waals surface area contributed by atoms with Gasteiger partial charge < -0.3 is 24.1 Å². The number of ether oxygens (including phenoxy) is 4. The van der Waals surface area contributed by atoms with Crippen molar-refractivity contribution in [3.05, 3.63) is 29.8 Å². The predicted octanol–water partition coefficient (Wildman–Crippen LogP) is 0.917. The van der Waals surface area contributed by atoms with Gasteiger partial charge in [0.1, 0.15) is 0 Å². The van der Waals surface area contributed by atoms with Crippen LogP contribution < -0.4 is 0 Å². The van der Waals surface area contributed by atoms with Crippen LogP contribution in [0.15, 0.2) is 29.2 Å². The maximum absolute atomic E-state index is 10.5. The second-order valence-electron chi connectivity index (χ2n) is 4.84. The molecule has 9 heteroatoms. The smallest absolute Gasteiger partial charge is 0.294 e. The number of hydrogen-bond acceptors (Lipinski definition) is 7. The van der Waals surface area contributed by atoms with Gasteiger partial charge in [0.2, 0.25) is 0 Å². The first-order valence-corrected chi connectivity index (χ1v) is 9.23. The van der Waals surface area contributed by atoms with Gasteiger partial charge in [0.25, 0.3) is 10.1 Å². The van der Waals surface area contributed by atoms with E-state index in [0.717, 1.165) is 5.56 Å². The van der Waals surface area contributed by atoms with Crippen LogP contribution >= 0.6 is 0 Å². The summed E-state index contributed by atoms with van der Waals surface area (Å²) in [6.07, 6.45) is 0. The van der Waals surface area contributed by atoms with Gasteiger partial charge in [-0.3, -0.25) is 4.55 Å². The average Bonchev–Trinajstić information content (AvgIpc) is 2.57. The molecule has 2 N–H and O–H groups in total. The minimum Gasteiger partial charge on any atom is -0.394 e. The zero-order valence-corrected chi connectivity index (χ0v) is 15.5. The van der Waals surface area contributed by atoms with Crippen molar-refractivity contribution < 1.29 is 37.0 Å². The first kappa shape index (κ1) is 23.9. The summed E-state index contributed by atoms with van der Waals surface area (Å²) in [5, 5.41) is 8.39. The fourth-order valence-corrected chi connectivity index (χ4v) is 1.94. The fourth-order valence-electron chi connectivity index (χ4n) is 1.46. The lowest BCUT2D eigenvalue weighted by molar-refractivity contribution is -0.000973. The second kappa shape index (κ2) is 15.2. The molecule has 0 aliphatic carbocycles. The van der Waals surface area contributed by atoms with Crippen molar-refractivity contribution in [1.82, 2.24) is 0 Å². The topological polar surface area (TPSA) is 112 Å². The van der Waals surface area contributed by atoms with Crippen molar-refractivity contribution in [2.75, 3.05) is 60.0 Å². The summed E-state index contributed by atoms with van der Waals surface area (Å²) in [7, 11) is -2.38. The highest BCUT2D eigenvalue weighted by atomic mass is 32.2. The number of hydrogen-bond donors (Lipinski definition) is 2. The Morgan fingerprint density at radius 1 is 0.840 bits per heavy atom. The number of aliphatic hydroxyl groups is 1. The highest BCUT2D eigenvalue weighted by Gasteiger charge is 2.06. The lowest BCUT2D eigenvalue weighted by Crippen LogP contribution is -2.12. The molecule has 8 nitrogen and oxygen atoms in total. The van der Waals surface area contributed by atoms with Crippen LogP contribution in [0.1, 0.15) is 5.56 Å². The predicted molar refractivity (Wildman–Crippen MR) is 92.4 cm³/mol. The summed E-state index contributed by atoms with van der Waals surface area (Å²) in [6.45, 7) is 5.66. The molecule has 146 valence electrons. The van der Waals surface area contributed by atoms with Crippen LogP contribution in [0.25, 0.3) is 0 Å². The number of benzene rings is 1. The third kappa shape index (κ3) is 14.9. The third-order valence-corrected chi connectivity index (χ3v) is 3.60. The molecule has 0 unspecified atom stereocenters. The summed E-state index contributed by atoms with van der Waals surface area (Å²) < 4.78 is 49.7. The van der Waals surface area contributed by atoms with Gasteiger partial charge in [-0.05, 0) is 19.1 Å². The lowest BCUT2D eigenvalue weighted by atomic mass is 10.2. The molecule has 0 aromatic heterocycles. The Labute approximate surface area is 149 Å². The molecule has 0 heterocycles. The Hall–Kier alpha value is -1.07. The van der Waals surface area contributed by atoms with E-state index in [1.54, 1.807) is 19.2 Å². The van der Waals surface area contributed by atoms with Gasteiger partial charge in [-0.25, -0.2) is 0 Å². The van der Waals surface area contributed by atoms with E-state index in [0.29, 0.717) is 46.2 Å². The molecule has 25 heavy (non-hydrogen) atoms. The molecule has 0 aliphatic heterocycles. The van der Waals surface area contributed by atoms with Crippen molar-refractivity contribution in [2.45, 2.75) is 11.8 Å². The zero-order valence-electron chi connectivity index (χ0n) is 14.7. The zero-order chi connectivity index (χ0) is 19.0. The van der Waals surface area contributed by atoms with Crippen LogP contribution in [0.3, 0.4) is 0 Å². The molecule has 0 saturated heterocycles. The van der Waals surface area contributed by atoms with E-state index in [2.05, 4.69) is 0 Å². The number of rotatable bonds is 12. The average molecular weight is 380 g/mol. The van der Waals surface area contributed by atoms with Crippen LogP contribution in [0.2, 0.25) is 0 Å². The van der Waals surface area contributed by atoms with Crippen LogP contribution in [0, 0.1) is 6.92 Å². The van der Waals surface area contributed by atoms with E-state index in [9.17, 15) is 8.42 Å². The Balaban J connectivity index is 0.000000472. The van der Waals surface area contributed by atoms with Crippen molar-refractivity contribution in [3.8, 4) is 0 Å². The summed E-state index contributed by atoms with van der Waals surface area (Å²) in [5.41, 5.74) is 0.956. The van der Waals surface area contributed by atoms with Crippen LogP contribution in [-0.2, 0) is 29.1 Å². The van der Waals surface area contributed by atoms with Crippen LogP contribution in [0.4, 0.5) is 0 Å². The molecule has 0 amide bonds. The van der Waals surface area contributed by atoms with Crippen molar-refractivity contribution in [1.29, 1.82) is 0 Å². The maximum Gasteiger partial charge on any atom is 0.294 e. The molecule has 1 aromatic carbocycles. The van der Waals surface area contributed by atoms with E-state index in [1.807, 2.05) is 6.92 Å². The van der Waals surface area contributed by atoms with Gasteiger partial charge in [-0.2, -0.15) is 8.42 Å². The first-order chi connectivity index (χ1) is 11.9. The second-order valence-corrected chi connectivity index (χ2v) is 6.26. The highest BCUT2D eigenvalue weighted by Crippen LogP contribution is 2.08. The third-order valence-electron chi connectivity index (χ3n) is 2.73. The SMILES string of the molecule is COCCOCCOCCOCCO.Cc1ccc(S(=O)(=O)O)cc1. The Kier molecular flexibility index (Phi) is 14.6. The van der Waals surface area contributed by atoms with Crippen molar-refractivity contribution in [2.24, 2.45) is 0 Å². The minimum absolute atomic E-state index is 0.0557. The summed E-state index contributed by atoms with van der Waals surface area (Å²) in [6, 6.07) is 5.99. The van der Waals surface area contributed by atoms with E-state index in [1.165, 1.54) is 12.1 Å². The molecule has 0 fully saturated rings.